The third kappa shape index (κ3) is 4.93. The van der Waals surface area contributed by atoms with E-state index in [1.165, 1.54) is 0 Å². The monoisotopic (exact) mass is 472 g/mol. The summed E-state index contributed by atoms with van der Waals surface area (Å²) < 4.78 is 52.2. The summed E-state index contributed by atoms with van der Waals surface area (Å²) in [4.78, 5) is 37.8. The van der Waals surface area contributed by atoms with Crippen molar-refractivity contribution < 1.29 is 37.3 Å². The van der Waals surface area contributed by atoms with E-state index in [1.807, 2.05) is 0 Å². The Balaban J connectivity index is 1.91. The Morgan fingerprint density at radius 1 is 1.24 bits per heavy atom. The van der Waals surface area contributed by atoms with Crippen LogP contribution in [0, 0.1) is 5.82 Å². The molecule has 0 aromatic carbocycles. The van der Waals surface area contributed by atoms with Gasteiger partial charge in [-0.2, -0.15) is 8.78 Å². The van der Waals surface area contributed by atoms with Gasteiger partial charge in [-0.15, -0.1) is 5.10 Å². The van der Waals surface area contributed by atoms with Crippen molar-refractivity contribution in [3.8, 4) is 5.69 Å². The van der Waals surface area contributed by atoms with Crippen molar-refractivity contribution in [3.63, 3.8) is 0 Å². The van der Waals surface area contributed by atoms with Gasteiger partial charge in [-0.05, 0) is 33.8 Å². The number of ether oxygens (including phenoxy) is 2. The maximum absolute atomic E-state index is 14.7. The number of morpholine rings is 1. The van der Waals surface area contributed by atoms with E-state index in [0.717, 1.165) is 41.0 Å². The van der Waals surface area contributed by atoms with Gasteiger partial charge >= 0.3 is 12.5 Å². The highest BCUT2D eigenvalue weighted by molar-refractivity contribution is 6.01. The zero-order chi connectivity index (χ0) is 24.7. The largest absolute Gasteiger partial charge is 0.458 e. The lowest BCUT2D eigenvalue weighted by molar-refractivity contribution is -0.194. The molecule has 2 atom stereocenters. The van der Waals surface area contributed by atoms with Gasteiger partial charge in [0.2, 0.25) is 0 Å². The summed E-state index contributed by atoms with van der Waals surface area (Å²) in [5, 5.41) is 14.6. The van der Waals surface area contributed by atoms with Gasteiger partial charge in [-0.3, -0.25) is 19.1 Å². The highest BCUT2D eigenvalue weighted by atomic mass is 19.3. The second-order valence-corrected chi connectivity index (χ2v) is 8.55. The highest BCUT2D eigenvalue weighted by Gasteiger charge is 2.51. The molecule has 0 spiro atoms. The van der Waals surface area contributed by atoms with Crippen molar-refractivity contribution in [2.75, 3.05) is 18.1 Å². The normalized spacial score (nSPS) is 19.0. The van der Waals surface area contributed by atoms with Crippen LogP contribution in [0.3, 0.4) is 0 Å². The molecule has 1 fully saturated rings. The fourth-order valence-corrected chi connectivity index (χ4v) is 3.13. The number of pyridine rings is 1. The Kier molecular flexibility index (Phi) is 6.40. The van der Waals surface area contributed by atoms with Gasteiger partial charge in [0, 0.05) is 12.3 Å². The summed E-state index contributed by atoms with van der Waals surface area (Å²) in [6.45, 7) is 2.37. The molecular weight excluding hydrogens is 449 g/mol. The van der Waals surface area contributed by atoms with Crippen LogP contribution in [0.5, 0.6) is 0 Å². The molecule has 1 saturated heterocycles. The van der Waals surface area contributed by atoms with Crippen molar-refractivity contribution in [3.05, 3.63) is 40.7 Å². The van der Waals surface area contributed by atoms with E-state index >= 15 is 0 Å². The van der Waals surface area contributed by atoms with Gasteiger partial charge in [0.1, 0.15) is 5.60 Å². The van der Waals surface area contributed by atoms with Crippen molar-refractivity contribution >= 4 is 17.7 Å². The molecule has 13 heteroatoms. The summed E-state index contributed by atoms with van der Waals surface area (Å²) in [5.41, 5.74) is -4.34. The predicted molar refractivity (Wildman–Crippen MR) is 108 cm³/mol. The second-order valence-electron chi connectivity index (χ2n) is 8.55. The van der Waals surface area contributed by atoms with Gasteiger partial charge in [0.05, 0.1) is 25.0 Å². The number of rotatable bonds is 5. The van der Waals surface area contributed by atoms with E-state index < -0.39 is 52.9 Å². The number of anilines is 1. The third-order valence-electron chi connectivity index (χ3n) is 4.72. The first-order valence-corrected chi connectivity index (χ1v) is 9.87. The van der Waals surface area contributed by atoms with E-state index in [-0.39, 0.29) is 23.4 Å². The van der Waals surface area contributed by atoms with Crippen molar-refractivity contribution in [2.24, 2.45) is 0 Å². The van der Waals surface area contributed by atoms with Crippen LogP contribution in [0.4, 0.5) is 19.0 Å². The van der Waals surface area contributed by atoms with Crippen LogP contribution in [0.25, 0.3) is 5.69 Å². The molecule has 0 radical (unpaired) electrons. The van der Waals surface area contributed by atoms with Crippen LogP contribution in [-0.4, -0.2) is 61.8 Å². The predicted octanol–water partition coefficient (Wildman–Crippen LogP) is 1.39. The van der Waals surface area contributed by atoms with Crippen molar-refractivity contribution in [2.45, 2.75) is 51.6 Å². The highest BCUT2D eigenvalue weighted by Crippen LogP contribution is 2.28. The quantitative estimate of drug-likeness (QED) is 0.654. The summed E-state index contributed by atoms with van der Waals surface area (Å²) in [6.07, 6.45) is -0.0683. The molecule has 3 rings (SSSR count). The summed E-state index contributed by atoms with van der Waals surface area (Å²) in [6, 6.07) is 2.03. The lowest BCUT2D eigenvalue weighted by Crippen LogP contribution is -2.61. The van der Waals surface area contributed by atoms with Gasteiger partial charge in [-0.1, -0.05) is 0 Å². The third-order valence-corrected chi connectivity index (χ3v) is 4.72. The molecule has 33 heavy (non-hydrogen) atoms. The molecule has 2 aromatic heterocycles. The van der Waals surface area contributed by atoms with E-state index in [4.69, 9.17) is 9.47 Å². The molecule has 180 valence electrons. The molecule has 10 nitrogen and oxygen atoms in total. The topological polar surface area (TPSA) is 116 Å². The Morgan fingerprint density at radius 3 is 2.52 bits per heavy atom. The Bertz CT molecular complexity index is 1120. The molecule has 0 saturated carbocycles. The number of carbonyl (C=O) groups excluding carboxylic acids is 2. The molecule has 0 bridgehead atoms. The van der Waals surface area contributed by atoms with Crippen LogP contribution in [0.2, 0.25) is 0 Å². The summed E-state index contributed by atoms with van der Waals surface area (Å²) in [5.74, 6) is -3.49. The Morgan fingerprint density at radius 2 is 1.91 bits per heavy atom. The number of nitrogens with zero attached hydrogens (tertiary/aromatic N) is 4. The number of esters is 1. The molecule has 3 heterocycles. The number of amides is 1. The zero-order valence-electron chi connectivity index (χ0n) is 18.3. The average molecular weight is 472 g/mol. The zero-order valence-corrected chi connectivity index (χ0v) is 18.3. The molecule has 1 amide bonds. The van der Waals surface area contributed by atoms with E-state index in [9.17, 15) is 32.7 Å². The molecule has 1 N–H and O–H groups in total. The summed E-state index contributed by atoms with van der Waals surface area (Å²) in [7, 11) is 0. The number of carbonyl (C=O) groups is 2. The number of aromatic nitrogens is 3. The lowest BCUT2D eigenvalue weighted by Gasteiger charge is -2.38. The minimum absolute atomic E-state index is 0.0574. The molecule has 0 aliphatic carbocycles. The van der Waals surface area contributed by atoms with Gasteiger partial charge < -0.3 is 14.6 Å². The van der Waals surface area contributed by atoms with Crippen LogP contribution >= 0.6 is 0 Å². The lowest BCUT2D eigenvalue weighted by atomic mass is 9.96. The molecule has 1 aliphatic rings. The first-order valence-electron chi connectivity index (χ1n) is 9.87. The maximum Gasteiger partial charge on any atom is 0.341 e. The number of aliphatic hydroxyl groups is 1. The minimum Gasteiger partial charge on any atom is -0.458 e. The van der Waals surface area contributed by atoms with Crippen LogP contribution < -0.4 is 10.5 Å². The number of alkyl halides is 2. The fraction of sp³-hybridized carbons (Fsp3) is 0.500. The Hall–Kier alpha value is -3.19. The Labute approximate surface area is 186 Å². The molecule has 2 aromatic rings. The van der Waals surface area contributed by atoms with Crippen LogP contribution in [-0.2, 0) is 19.1 Å². The first-order chi connectivity index (χ1) is 15.2. The van der Waals surface area contributed by atoms with Crippen molar-refractivity contribution in [1.82, 2.24) is 14.3 Å². The minimum atomic E-state index is -3.12. The summed E-state index contributed by atoms with van der Waals surface area (Å²) >= 11 is 0. The molecule has 1 aliphatic heterocycles. The average Bonchev–Trinajstić information content (AvgIpc) is 3.08. The fourth-order valence-electron chi connectivity index (χ4n) is 3.13. The molecular formula is C20H23F3N4O6. The molecule has 0 unspecified atom stereocenters. The number of hydrogen-bond donors (Lipinski definition) is 1. The maximum atomic E-state index is 14.7. The van der Waals surface area contributed by atoms with E-state index in [0.29, 0.717) is 0 Å². The van der Waals surface area contributed by atoms with Gasteiger partial charge in [-0.25, -0.2) is 13.9 Å². The smallest absolute Gasteiger partial charge is 0.341 e. The number of halogens is 3. The number of hydrogen-bond acceptors (Lipinski definition) is 7. The van der Waals surface area contributed by atoms with Gasteiger partial charge in [0.25, 0.3) is 11.5 Å². The van der Waals surface area contributed by atoms with Crippen molar-refractivity contribution in [1.29, 1.82) is 0 Å². The van der Waals surface area contributed by atoms with Crippen LogP contribution in [0.1, 0.15) is 34.2 Å². The SMILES string of the molecule is CC(C)(C)OC(=O)[C@](C)(O)[C@H]1OCCN(c2nn(-c3ccc(=O)n(C(F)F)c3)cc2F)C1=O. The van der Waals surface area contributed by atoms with Crippen LogP contribution in [0.15, 0.2) is 29.3 Å². The standard InChI is InChI=1S/C20H23F3N4O6/c1-19(2,3)33-17(30)20(4,31)14-16(29)25(7-8-32-14)15-12(21)10-27(24-15)11-5-6-13(28)26(9-11)18(22)23/h5-6,9-10,14,18,31H,7-8H2,1-4H3/t14-,20+/m0/s1. The van der Waals surface area contributed by atoms with Gasteiger partial charge in [0.15, 0.2) is 23.3 Å². The van der Waals surface area contributed by atoms with E-state index in [2.05, 4.69) is 5.10 Å². The van der Waals surface area contributed by atoms with E-state index in [1.54, 1.807) is 20.8 Å². The first kappa shape index (κ1) is 24.5. The second kappa shape index (κ2) is 8.63.